The van der Waals surface area contributed by atoms with Gasteiger partial charge in [-0.2, -0.15) is 0 Å². The van der Waals surface area contributed by atoms with Gasteiger partial charge in [0, 0.05) is 0 Å². The van der Waals surface area contributed by atoms with Crippen molar-refractivity contribution in [2.75, 3.05) is 27.4 Å². The van der Waals surface area contributed by atoms with Crippen LogP contribution in [-0.4, -0.2) is 27.4 Å². The summed E-state index contributed by atoms with van der Waals surface area (Å²) < 4.78 is 34.4. The second-order valence-electron chi connectivity index (χ2n) is 3.88. The molecule has 0 fully saturated rings. The van der Waals surface area contributed by atoms with Gasteiger partial charge in [-0.05, 0) is 41.4 Å². The Hall–Kier alpha value is -0.550. The summed E-state index contributed by atoms with van der Waals surface area (Å²) in [5.41, 5.74) is 0.785. The number of halogens is 1. The van der Waals surface area contributed by atoms with E-state index < -0.39 is 7.60 Å². The van der Waals surface area contributed by atoms with E-state index in [1.165, 1.54) is 0 Å². The summed E-state index contributed by atoms with van der Waals surface area (Å²) in [5.74, 6) is 1.16. The van der Waals surface area contributed by atoms with Crippen LogP contribution in [0.25, 0.3) is 0 Å². The number of hydrogen-bond acceptors (Lipinski definition) is 5. The van der Waals surface area contributed by atoms with Crippen molar-refractivity contribution in [3.63, 3.8) is 0 Å². The molecule has 0 heterocycles. The van der Waals surface area contributed by atoms with Crippen molar-refractivity contribution >= 4 is 23.5 Å². The molecule has 0 amide bonds. The van der Waals surface area contributed by atoms with Crippen LogP contribution in [0.2, 0.25) is 0 Å². The van der Waals surface area contributed by atoms with Gasteiger partial charge in [0.2, 0.25) is 0 Å². The second kappa shape index (κ2) is 8.03. The molecule has 0 aliphatic rings. The molecule has 0 N–H and O–H groups in total. The zero-order valence-corrected chi connectivity index (χ0v) is 14.6. The summed E-state index contributed by atoms with van der Waals surface area (Å²) in [4.78, 5) is 0. The maximum absolute atomic E-state index is 12.6. The van der Waals surface area contributed by atoms with Gasteiger partial charge < -0.3 is 18.5 Å². The lowest BCUT2D eigenvalue weighted by molar-refractivity contribution is 0.219. The van der Waals surface area contributed by atoms with E-state index in [4.69, 9.17) is 18.5 Å². The highest BCUT2D eigenvalue weighted by atomic mass is 79.9. The molecule has 0 atom stereocenters. The monoisotopic (exact) mass is 366 g/mol. The van der Waals surface area contributed by atoms with Gasteiger partial charge in [0.1, 0.15) is 0 Å². The number of rotatable bonds is 8. The van der Waals surface area contributed by atoms with Crippen molar-refractivity contribution in [1.29, 1.82) is 0 Å². The van der Waals surface area contributed by atoms with E-state index >= 15 is 0 Å². The largest absolute Gasteiger partial charge is 0.493 e. The fourth-order valence-corrected chi connectivity index (χ4v) is 4.35. The van der Waals surface area contributed by atoms with Crippen LogP contribution in [0.1, 0.15) is 19.4 Å². The summed E-state index contributed by atoms with van der Waals surface area (Å²) in [5, 5.41) is 0. The molecule has 0 bridgehead atoms. The number of benzene rings is 1. The van der Waals surface area contributed by atoms with Crippen molar-refractivity contribution in [2.45, 2.75) is 20.0 Å². The second-order valence-corrected chi connectivity index (χ2v) is 6.73. The van der Waals surface area contributed by atoms with Crippen molar-refractivity contribution in [3.8, 4) is 11.5 Å². The lowest BCUT2D eigenvalue weighted by Crippen LogP contribution is -2.01. The summed E-state index contributed by atoms with van der Waals surface area (Å²) in [6.07, 6.45) is 0.176. The third-order valence-electron chi connectivity index (χ3n) is 2.58. The van der Waals surface area contributed by atoms with E-state index in [9.17, 15) is 4.57 Å². The van der Waals surface area contributed by atoms with E-state index in [1.54, 1.807) is 34.1 Å². The average Bonchev–Trinajstić information content (AvgIpc) is 2.41. The first-order valence-electron chi connectivity index (χ1n) is 6.28. The summed E-state index contributed by atoms with van der Waals surface area (Å²) in [7, 11) is -0.0311. The summed E-state index contributed by atoms with van der Waals surface area (Å²) in [6, 6.07) is 3.58. The molecule has 0 aliphatic heterocycles. The highest BCUT2D eigenvalue weighted by Gasteiger charge is 2.26. The van der Waals surface area contributed by atoms with Gasteiger partial charge in [0.25, 0.3) is 0 Å². The van der Waals surface area contributed by atoms with E-state index in [0.29, 0.717) is 29.2 Å². The maximum Gasteiger partial charge on any atom is 0.335 e. The number of hydrogen-bond donors (Lipinski definition) is 0. The summed E-state index contributed by atoms with van der Waals surface area (Å²) in [6.45, 7) is 4.25. The number of ether oxygens (including phenoxy) is 2. The van der Waals surface area contributed by atoms with Crippen LogP contribution in [0, 0.1) is 0 Å². The summed E-state index contributed by atoms with van der Waals surface area (Å²) >= 11 is 3.45. The van der Waals surface area contributed by atoms with Crippen molar-refractivity contribution in [1.82, 2.24) is 0 Å². The molecule has 0 aliphatic carbocycles. The van der Waals surface area contributed by atoms with Gasteiger partial charge in [-0.25, -0.2) is 0 Å². The van der Waals surface area contributed by atoms with Crippen LogP contribution in [0.3, 0.4) is 0 Å². The molecule has 1 aromatic rings. The van der Waals surface area contributed by atoms with Gasteiger partial charge in [-0.1, -0.05) is 6.07 Å². The quantitative estimate of drug-likeness (QED) is 0.644. The molecule has 0 saturated heterocycles. The Labute approximate surface area is 128 Å². The Morgan fingerprint density at radius 2 is 1.70 bits per heavy atom. The predicted molar refractivity (Wildman–Crippen MR) is 81.8 cm³/mol. The van der Waals surface area contributed by atoms with Crippen LogP contribution >= 0.6 is 23.5 Å². The molecule has 0 unspecified atom stereocenters. The van der Waals surface area contributed by atoms with E-state index in [2.05, 4.69) is 15.9 Å². The molecule has 7 heteroatoms. The lowest BCUT2D eigenvalue weighted by atomic mass is 10.2. The smallest absolute Gasteiger partial charge is 0.335 e. The first kappa shape index (κ1) is 17.5. The molecule has 0 radical (unpaired) electrons. The molecular weight excluding hydrogens is 347 g/mol. The Bertz CT molecular complexity index is 482. The van der Waals surface area contributed by atoms with Crippen molar-refractivity contribution in [3.05, 3.63) is 22.2 Å². The highest BCUT2D eigenvalue weighted by Crippen LogP contribution is 2.53. The zero-order valence-electron chi connectivity index (χ0n) is 12.1. The molecule has 0 saturated carbocycles. The van der Waals surface area contributed by atoms with Crippen LogP contribution in [0.5, 0.6) is 11.5 Å². The van der Waals surface area contributed by atoms with Gasteiger partial charge in [0.05, 0.1) is 38.1 Å². The average molecular weight is 367 g/mol. The SMILES string of the molecule is CCOP(=O)(Cc1ccc(OC)c(OC)c1Br)OCC. The standard InChI is InChI=1S/C13H20BrO5P/c1-5-18-20(15,19-6-2)9-10-7-8-11(16-3)13(17-4)12(10)14/h7-8H,5-6,9H2,1-4H3. The minimum Gasteiger partial charge on any atom is -0.493 e. The van der Waals surface area contributed by atoms with Gasteiger partial charge >= 0.3 is 7.60 Å². The lowest BCUT2D eigenvalue weighted by Gasteiger charge is -2.19. The molecule has 1 rings (SSSR count). The molecule has 5 nitrogen and oxygen atoms in total. The first-order valence-corrected chi connectivity index (χ1v) is 8.80. The van der Waals surface area contributed by atoms with Crippen LogP contribution in [0.4, 0.5) is 0 Å². The van der Waals surface area contributed by atoms with Crippen molar-refractivity contribution < 1.29 is 23.1 Å². The minimum absolute atomic E-state index is 0.176. The zero-order chi connectivity index (χ0) is 15.2. The topological polar surface area (TPSA) is 54.0 Å². The van der Waals surface area contributed by atoms with Gasteiger partial charge in [0.15, 0.2) is 11.5 Å². The van der Waals surface area contributed by atoms with Gasteiger partial charge in [-0.3, -0.25) is 4.57 Å². The number of methoxy groups -OCH3 is 2. The van der Waals surface area contributed by atoms with Gasteiger partial charge in [-0.15, -0.1) is 0 Å². The highest BCUT2D eigenvalue weighted by molar-refractivity contribution is 9.10. The Balaban J connectivity index is 3.11. The Morgan fingerprint density at radius 3 is 2.15 bits per heavy atom. The molecule has 114 valence electrons. The normalized spacial score (nSPS) is 11.4. The van der Waals surface area contributed by atoms with Crippen LogP contribution in [-0.2, 0) is 19.8 Å². The maximum atomic E-state index is 12.6. The van der Waals surface area contributed by atoms with E-state index in [-0.39, 0.29) is 6.16 Å². The van der Waals surface area contributed by atoms with E-state index in [1.807, 2.05) is 6.07 Å². The molecule has 20 heavy (non-hydrogen) atoms. The van der Waals surface area contributed by atoms with Crippen molar-refractivity contribution in [2.24, 2.45) is 0 Å². The Kier molecular flexibility index (Phi) is 7.03. The molecule has 0 aromatic heterocycles. The predicted octanol–water partition coefficient (Wildman–Crippen LogP) is 4.23. The third kappa shape index (κ3) is 4.22. The van der Waals surface area contributed by atoms with Crippen LogP contribution < -0.4 is 9.47 Å². The fourth-order valence-electron chi connectivity index (χ4n) is 1.78. The molecular formula is C13H20BrO5P. The fraction of sp³-hybridized carbons (Fsp3) is 0.538. The van der Waals surface area contributed by atoms with E-state index in [0.717, 1.165) is 5.56 Å². The van der Waals surface area contributed by atoms with Crippen LogP contribution in [0.15, 0.2) is 16.6 Å². The minimum atomic E-state index is -3.15. The molecule has 1 aromatic carbocycles. The first-order chi connectivity index (χ1) is 9.51. The molecule has 0 spiro atoms. The third-order valence-corrected chi connectivity index (χ3v) is 5.48. The Morgan fingerprint density at radius 1 is 1.10 bits per heavy atom.